The van der Waals surface area contributed by atoms with Gasteiger partial charge in [-0.3, -0.25) is 4.79 Å². The van der Waals surface area contributed by atoms with E-state index in [1.54, 1.807) is 18.2 Å². The molecule has 1 aliphatic rings. The van der Waals surface area contributed by atoms with Crippen LogP contribution in [-0.2, 0) is 0 Å². The first kappa shape index (κ1) is 14.9. The van der Waals surface area contributed by atoms with Gasteiger partial charge in [-0.05, 0) is 31.4 Å². The summed E-state index contributed by atoms with van der Waals surface area (Å²) in [6, 6.07) is 10.1. The summed E-state index contributed by atoms with van der Waals surface area (Å²) in [5.74, 6) is -1.29. The first-order valence-electron chi connectivity index (χ1n) is 7.39. The molecule has 1 saturated carbocycles. The Kier molecular flexibility index (Phi) is 3.85. The Morgan fingerprint density at radius 1 is 1.09 bits per heavy atom. The number of nitrogens with zero attached hydrogens (tertiary/aromatic N) is 1. The van der Waals surface area contributed by atoms with Gasteiger partial charge < -0.3 is 5.43 Å². The van der Waals surface area contributed by atoms with Crippen LogP contribution in [0.3, 0.4) is 0 Å². The largest absolute Gasteiger partial charge is 0.391 e. The van der Waals surface area contributed by atoms with Gasteiger partial charge in [0.05, 0.1) is 11.4 Å². The highest BCUT2D eigenvalue weighted by Crippen LogP contribution is 2.37. The molecule has 22 heavy (non-hydrogen) atoms. The molecular weight excluding hydrogens is 293 g/mol. The summed E-state index contributed by atoms with van der Waals surface area (Å²) in [7, 11) is 0. The summed E-state index contributed by atoms with van der Waals surface area (Å²) in [5, 5.41) is 0.873. The van der Waals surface area contributed by atoms with Crippen molar-refractivity contribution in [3.8, 4) is 0 Å². The summed E-state index contributed by atoms with van der Waals surface area (Å²) in [6.45, 7) is 0. The standard InChI is InChI=1S/C16H17F3N2O/c17-16(18,19)12-5-3-6-13(10-12)20-21-14-7-2-1-4-11(14)8-9-15(21)22/h1-2,4,7-9,12-13,20H,3,5-6,10H2. The molecule has 118 valence electrons. The Hall–Kier alpha value is -1.98. The summed E-state index contributed by atoms with van der Waals surface area (Å²) in [4.78, 5) is 12.1. The number of hydrogen-bond acceptors (Lipinski definition) is 2. The average molecular weight is 310 g/mol. The van der Waals surface area contributed by atoms with Gasteiger partial charge in [-0.2, -0.15) is 13.2 Å². The lowest BCUT2D eigenvalue weighted by molar-refractivity contribution is -0.182. The normalized spacial score (nSPS) is 22.7. The maximum absolute atomic E-state index is 12.9. The quantitative estimate of drug-likeness (QED) is 0.918. The molecule has 1 aliphatic carbocycles. The predicted molar refractivity (Wildman–Crippen MR) is 79.4 cm³/mol. The molecule has 1 aromatic heterocycles. The minimum Gasteiger partial charge on any atom is -0.320 e. The predicted octanol–water partition coefficient (Wildman–Crippen LogP) is 3.67. The van der Waals surface area contributed by atoms with Gasteiger partial charge in [0.2, 0.25) is 0 Å². The number of rotatable bonds is 2. The molecule has 1 N–H and O–H groups in total. The number of nitrogens with one attached hydrogen (secondary N) is 1. The fourth-order valence-electron chi connectivity index (χ4n) is 3.11. The summed E-state index contributed by atoms with van der Waals surface area (Å²) >= 11 is 0. The zero-order valence-electron chi connectivity index (χ0n) is 11.9. The van der Waals surface area contributed by atoms with E-state index in [-0.39, 0.29) is 24.4 Å². The van der Waals surface area contributed by atoms with Crippen LogP contribution in [0.25, 0.3) is 10.9 Å². The zero-order valence-corrected chi connectivity index (χ0v) is 11.9. The Labute approximate surface area is 125 Å². The molecule has 0 bridgehead atoms. The van der Waals surface area contributed by atoms with Gasteiger partial charge in [0.25, 0.3) is 5.56 Å². The van der Waals surface area contributed by atoms with Gasteiger partial charge in [-0.25, -0.2) is 4.68 Å². The molecule has 0 aliphatic heterocycles. The molecule has 6 heteroatoms. The Morgan fingerprint density at radius 3 is 2.64 bits per heavy atom. The highest BCUT2D eigenvalue weighted by Gasteiger charge is 2.42. The van der Waals surface area contributed by atoms with Crippen LogP contribution in [0.5, 0.6) is 0 Å². The highest BCUT2D eigenvalue weighted by molar-refractivity contribution is 5.78. The number of aromatic nitrogens is 1. The minimum absolute atomic E-state index is 0.0131. The van der Waals surface area contributed by atoms with E-state index in [1.165, 1.54) is 10.7 Å². The third-order valence-electron chi connectivity index (χ3n) is 4.25. The summed E-state index contributed by atoms with van der Waals surface area (Å²) in [6.07, 6.45) is -2.82. The Balaban J connectivity index is 1.87. The molecule has 2 aromatic rings. The summed E-state index contributed by atoms with van der Waals surface area (Å²) < 4.78 is 40.0. The number of pyridine rings is 1. The van der Waals surface area contributed by atoms with E-state index in [1.807, 2.05) is 12.1 Å². The summed E-state index contributed by atoms with van der Waals surface area (Å²) in [5.41, 5.74) is 3.43. The topological polar surface area (TPSA) is 34.0 Å². The maximum Gasteiger partial charge on any atom is 0.391 e. The van der Waals surface area contributed by atoms with Crippen LogP contribution < -0.4 is 11.0 Å². The molecule has 1 aromatic carbocycles. The molecule has 1 heterocycles. The van der Waals surface area contributed by atoms with Crippen LogP contribution in [0, 0.1) is 5.92 Å². The molecule has 1 fully saturated rings. The molecular formula is C16H17F3N2O. The maximum atomic E-state index is 12.9. The van der Waals surface area contributed by atoms with Crippen molar-refractivity contribution < 1.29 is 13.2 Å². The second-order valence-electron chi connectivity index (χ2n) is 5.80. The first-order chi connectivity index (χ1) is 10.4. The van der Waals surface area contributed by atoms with Crippen molar-refractivity contribution in [2.24, 2.45) is 5.92 Å². The van der Waals surface area contributed by atoms with Crippen molar-refractivity contribution in [3.05, 3.63) is 46.8 Å². The Morgan fingerprint density at radius 2 is 1.86 bits per heavy atom. The molecule has 0 radical (unpaired) electrons. The van der Waals surface area contributed by atoms with Crippen molar-refractivity contribution in [3.63, 3.8) is 0 Å². The van der Waals surface area contributed by atoms with Gasteiger partial charge >= 0.3 is 6.18 Å². The lowest BCUT2D eigenvalue weighted by Crippen LogP contribution is -2.41. The van der Waals surface area contributed by atoms with Crippen LogP contribution in [0.15, 0.2) is 41.2 Å². The van der Waals surface area contributed by atoms with Crippen LogP contribution in [0.2, 0.25) is 0 Å². The fraction of sp³-hybridized carbons (Fsp3) is 0.438. The van der Waals surface area contributed by atoms with Gasteiger partial charge in [0.15, 0.2) is 0 Å². The molecule has 0 saturated heterocycles. The van der Waals surface area contributed by atoms with Gasteiger partial charge in [-0.1, -0.05) is 24.6 Å². The molecule has 0 amide bonds. The lowest BCUT2D eigenvalue weighted by Gasteiger charge is -2.32. The van der Waals surface area contributed by atoms with Crippen molar-refractivity contribution >= 4 is 10.9 Å². The van der Waals surface area contributed by atoms with E-state index >= 15 is 0 Å². The van der Waals surface area contributed by atoms with Crippen molar-refractivity contribution in [1.29, 1.82) is 0 Å². The van der Waals surface area contributed by atoms with Gasteiger partial charge in [-0.15, -0.1) is 0 Å². The van der Waals surface area contributed by atoms with Gasteiger partial charge in [0, 0.05) is 17.5 Å². The second kappa shape index (κ2) is 5.66. The van der Waals surface area contributed by atoms with Crippen molar-refractivity contribution in [1.82, 2.24) is 4.68 Å². The van der Waals surface area contributed by atoms with E-state index in [4.69, 9.17) is 0 Å². The molecule has 3 nitrogen and oxygen atoms in total. The number of benzene rings is 1. The molecule has 3 rings (SSSR count). The van der Waals surface area contributed by atoms with Crippen LogP contribution >= 0.6 is 0 Å². The smallest absolute Gasteiger partial charge is 0.320 e. The van der Waals surface area contributed by atoms with E-state index in [9.17, 15) is 18.0 Å². The van der Waals surface area contributed by atoms with Gasteiger partial charge in [0.1, 0.15) is 0 Å². The third kappa shape index (κ3) is 2.96. The van der Waals surface area contributed by atoms with E-state index < -0.39 is 12.1 Å². The number of alkyl halides is 3. The third-order valence-corrected chi connectivity index (χ3v) is 4.25. The van der Waals surface area contributed by atoms with E-state index in [0.717, 1.165) is 5.39 Å². The van der Waals surface area contributed by atoms with Crippen LogP contribution in [0.1, 0.15) is 25.7 Å². The number of fused-ring (bicyclic) bond motifs is 1. The van der Waals surface area contributed by atoms with Crippen LogP contribution in [0.4, 0.5) is 13.2 Å². The highest BCUT2D eigenvalue weighted by atomic mass is 19.4. The SMILES string of the molecule is O=c1ccc2ccccc2n1NC1CCCC(C(F)(F)F)C1. The lowest BCUT2D eigenvalue weighted by atomic mass is 9.85. The van der Waals surface area contributed by atoms with Crippen molar-refractivity contribution in [2.75, 3.05) is 5.43 Å². The zero-order chi connectivity index (χ0) is 15.7. The Bertz CT molecular complexity index is 723. The number of halogens is 3. The van der Waals surface area contributed by atoms with Crippen LogP contribution in [-0.4, -0.2) is 16.9 Å². The fourth-order valence-corrected chi connectivity index (χ4v) is 3.11. The molecule has 0 spiro atoms. The number of para-hydroxylation sites is 1. The number of hydrogen-bond donors (Lipinski definition) is 1. The first-order valence-corrected chi connectivity index (χ1v) is 7.39. The van der Waals surface area contributed by atoms with E-state index in [0.29, 0.717) is 18.4 Å². The molecule has 2 unspecified atom stereocenters. The molecule has 2 atom stereocenters. The minimum atomic E-state index is -4.16. The monoisotopic (exact) mass is 310 g/mol. The average Bonchev–Trinajstić information content (AvgIpc) is 2.50. The second-order valence-corrected chi connectivity index (χ2v) is 5.80. The van der Waals surface area contributed by atoms with Crippen molar-refractivity contribution in [2.45, 2.75) is 37.9 Å². The van der Waals surface area contributed by atoms with E-state index in [2.05, 4.69) is 5.43 Å².